The fourth-order valence-electron chi connectivity index (χ4n) is 2.94. The van der Waals surface area contributed by atoms with Crippen molar-refractivity contribution in [3.8, 4) is 11.3 Å². The molecule has 0 saturated carbocycles. The van der Waals surface area contributed by atoms with Crippen molar-refractivity contribution >= 4 is 16.8 Å². The topological polar surface area (TPSA) is 71.5 Å². The second kappa shape index (κ2) is 9.18. The molecule has 162 valence electrons. The smallest absolute Gasteiger partial charge is 0.422 e. The van der Waals surface area contributed by atoms with Crippen LogP contribution in [-0.4, -0.2) is 40.9 Å². The molecule has 1 heterocycles. The van der Waals surface area contributed by atoms with E-state index in [9.17, 15) is 23.1 Å². The SMILES string of the molecule is CCOC=CC(O)(CNC(=O)c1cc(-c2ccccc2)nc2ccccc12)C(F)(F)F. The van der Waals surface area contributed by atoms with Crippen LogP contribution in [0, 0.1) is 0 Å². The second-order valence-electron chi connectivity index (χ2n) is 6.80. The third-order valence-electron chi connectivity index (χ3n) is 4.65. The standard InChI is InChI=1S/C23H21F3N2O3/c1-2-31-13-12-22(30,23(24,25)26)15-27-21(29)18-14-20(16-8-4-3-5-9-16)28-19-11-7-6-10-17(18)19/h3-14,30H,2,15H2,1H3,(H,27,29). The number of nitrogens with one attached hydrogen (secondary N) is 1. The van der Waals surface area contributed by atoms with Crippen LogP contribution in [0.5, 0.6) is 0 Å². The summed E-state index contributed by atoms with van der Waals surface area (Å²) in [7, 11) is 0. The maximum atomic E-state index is 13.4. The summed E-state index contributed by atoms with van der Waals surface area (Å²) in [5.74, 6) is -0.761. The van der Waals surface area contributed by atoms with E-state index in [2.05, 4.69) is 10.3 Å². The van der Waals surface area contributed by atoms with Crippen LogP contribution in [0.25, 0.3) is 22.2 Å². The maximum absolute atomic E-state index is 13.4. The number of ether oxygens (including phenoxy) is 1. The molecule has 3 aromatic rings. The van der Waals surface area contributed by atoms with Gasteiger partial charge in [0, 0.05) is 10.9 Å². The first-order valence-electron chi connectivity index (χ1n) is 9.57. The molecule has 0 aliphatic heterocycles. The molecule has 31 heavy (non-hydrogen) atoms. The van der Waals surface area contributed by atoms with Gasteiger partial charge < -0.3 is 15.2 Å². The quantitative estimate of drug-likeness (QED) is 0.543. The molecule has 2 N–H and O–H groups in total. The number of alkyl halides is 3. The Hall–Kier alpha value is -3.39. The first-order valence-corrected chi connectivity index (χ1v) is 9.57. The van der Waals surface area contributed by atoms with Crippen LogP contribution in [-0.2, 0) is 4.74 Å². The van der Waals surface area contributed by atoms with Crippen molar-refractivity contribution in [2.45, 2.75) is 18.7 Å². The molecule has 1 unspecified atom stereocenters. The Kier molecular flexibility index (Phi) is 6.60. The van der Waals surface area contributed by atoms with Crippen LogP contribution < -0.4 is 5.32 Å². The summed E-state index contributed by atoms with van der Waals surface area (Å²) in [5, 5.41) is 12.8. The van der Waals surface area contributed by atoms with Crippen molar-refractivity contribution in [1.82, 2.24) is 10.3 Å². The molecule has 0 aliphatic carbocycles. The minimum absolute atomic E-state index is 0.141. The lowest BCUT2D eigenvalue weighted by atomic mass is 10.0. The zero-order valence-electron chi connectivity index (χ0n) is 16.7. The Labute approximate surface area is 177 Å². The number of rotatable bonds is 7. The van der Waals surface area contributed by atoms with Gasteiger partial charge in [0.05, 0.1) is 36.2 Å². The molecule has 0 fully saturated rings. The van der Waals surface area contributed by atoms with Crippen LogP contribution >= 0.6 is 0 Å². The molecule has 0 radical (unpaired) electrons. The molecule has 1 atom stereocenters. The first-order chi connectivity index (χ1) is 14.7. The third-order valence-corrected chi connectivity index (χ3v) is 4.65. The Balaban J connectivity index is 1.94. The summed E-state index contributed by atoms with van der Waals surface area (Å²) < 4.78 is 45.0. The van der Waals surface area contributed by atoms with Gasteiger partial charge in [-0.25, -0.2) is 4.98 Å². The number of carbonyl (C=O) groups is 1. The number of pyridine rings is 1. The highest BCUT2D eigenvalue weighted by molar-refractivity contribution is 6.07. The number of fused-ring (bicyclic) bond motifs is 1. The van der Waals surface area contributed by atoms with Crippen LogP contribution in [0.15, 0.2) is 73.0 Å². The van der Waals surface area contributed by atoms with Crippen molar-refractivity contribution in [1.29, 1.82) is 0 Å². The largest absolute Gasteiger partial charge is 0.502 e. The van der Waals surface area contributed by atoms with Crippen molar-refractivity contribution in [3.63, 3.8) is 0 Å². The van der Waals surface area contributed by atoms with E-state index < -0.39 is 24.2 Å². The molecule has 8 heteroatoms. The van der Waals surface area contributed by atoms with Gasteiger partial charge in [-0.05, 0) is 25.1 Å². The van der Waals surface area contributed by atoms with Crippen LogP contribution in [0.2, 0.25) is 0 Å². The first kappa shape index (κ1) is 22.3. The lowest BCUT2D eigenvalue weighted by Gasteiger charge is -2.27. The van der Waals surface area contributed by atoms with Crippen molar-refractivity contribution in [3.05, 3.63) is 78.6 Å². The minimum Gasteiger partial charge on any atom is -0.502 e. The fourth-order valence-corrected chi connectivity index (χ4v) is 2.94. The number of benzene rings is 2. The number of aromatic nitrogens is 1. The van der Waals surface area contributed by atoms with Gasteiger partial charge in [0.2, 0.25) is 0 Å². The summed E-state index contributed by atoms with van der Waals surface area (Å²) >= 11 is 0. The lowest BCUT2D eigenvalue weighted by molar-refractivity contribution is -0.237. The maximum Gasteiger partial charge on any atom is 0.422 e. The monoisotopic (exact) mass is 430 g/mol. The Morgan fingerprint density at radius 2 is 1.81 bits per heavy atom. The predicted molar refractivity (Wildman–Crippen MR) is 111 cm³/mol. The zero-order chi connectivity index (χ0) is 22.5. The van der Waals surface area contributed by atoms with Gasteiger partial charge >= 0.3 is 6.18 Å². The molecule has 3 rings (SSSR count). The molecule has 2 aromatic carbocycles. The van der Waals surface area contributed by atoms with Gasteiger partial charge in [0.1, 0.15) is 0 Å². The molecule has 0 aliphatic rings. The van der Waals surface area contributed by atoms with Crippen LogP contribution in [0.4, 0.5) is 13.2 Å². The van der Waals surface area contributed by atoms with Crippen molar-refractivity contribution in [2.75, 3.05) is 13.2 Å². The van der Waals surface area contributed by atoms with E-state index in [1.165, 1.54) is 6.07 Å². The fraction of sp³-hybridized carbons (Fsp3) is 0.217. The molecule has 1 amide bonds. The molecule has 1 aromatic heterocycles. The van der Waals surface area contributed by atoms with Crippen LogP contribution in [0.3, 0.4) is 0 Å². The number of nitrogens with zero attached hydrogens (tertiary/aromatic N) is 1. The summed E-state index contributed by atoms with van der Waals surface area (Å²) in [6, 6.07) is 17.5. The Bertz CT molecular complexity index is 1080. The number of aliphatic hydroxyl groups is 1. The third kappa shape index (κ3) is 5.03. The number of carbonyl (C=O) groups excluding carboxylic acids is 1. The average molecular weight is 430 g/mol. The number of hydrogen-bond acceptors (Lipinski definition) is 4. The van der Waals surface area contributed by atoms with E-state index in [1.54, 1.807) is 31.2 Å². The van der Waals surface area contributed by atoms with Gasteiger partial charge in [-0.3, -0.25) is 4.79 Å². The van der Waals surface area contributed by atoms with E-state index in [0.717, 1.165) is 11.8 Å². The van der Waals surface area contributed by atoms with E-state index in [-0.39, 0.29) is 12.2 Å². The highest BCUT2D eigenvalue weighted by atomic mass is 19.4. The van der Waals surface area contributed by atoms with Gasteiger partial charge in [0.25, 0.3) is 5.91 Å². The number of para-hydroxylation sites is 1. The van der Waals surface area contributed by atoms with Crippen LogP contribution in [0.1, 0.15) is 17.3 Å². The predicted octanol–water partition coefficient (Wildman–Crippen LogP) is 4.48. The normalized spacial score (nSPS) is 13.8. The second-order valence-corrected chi connectivity index (χ2v) is 6.80. The lowest BCUT2D eigenvalue weighted by Crippen LogP contribution is -2.52. The molecular formula is C23H21F3N2O3. The van der Waals surface area contributed by atoms with Gasteiger partial charge in [-0.15, -0.1) is 0 Å². The summed E-state index contributed by atoms with van der Waals surface area (Å²) in [4.78, 5) is 17.4. The number of halogens is 3. The Morgan fingerprint density at radius 1 is 1.13 bits per heavy atom. The van der Waals surface area contributed by atoms with E-state index in [4.69, 9.17) is 4.74 Å². The molecular weight excluding hydrogens is 409 g/mol. The van der Waals surface area contributed by atoms with E-state index >= 15 is 0 Å². The summed E-state index contributed by atoms with van der Waals surface area (Å²) in [6.07, 6.45) is -3.75. The van der Waals surface area contributed by atoms with E-state index in [1.807, 2.05) is 30.3 Å². The highest BCUT2D eigenvalue weighted by Gasteiger charge is 2.52. The van der Waals surface area contributed by atoms with Gasteiger partial charge in [0.15, 0.2) is 5.60 Å². The van der Waals surface area contributed by atoms with Gasteiger partial charge in [-0.1, -0.05) is 48.5 Å². The highest BCUT2D eigenvalue weighted by Crippen LogP contribution is 2.31. The summed E-state index contributed by atoms with van der Waals surface area (Å²) in [6.45, 7) is 0.663. The molecule has 0 saturated heterocycles. The van der Waals surface area contributed by atoms with Crippen molar-refractivity contribution < 1.29 is 27.8 Å². The average Bonchev–Trinajstić information content (AvgIpc) is 2.76. The number of amides is 1. The Morgan fingerprint density at radius 3 is 2.48 bits per heavy atom. The van der Waals surface area contributed by atoms with E-state index in [0.29, 0.717) is 22.7 Å². The zero-order valence-corrected chi connectivity index (χ0v) is 16.7. The molecule has 0 bridgehead atoms. The molecule has 5 nitrogen and oxygen atoms in total. The minimum atomic E-state index is -5.01. The van der Waals surface area contributed by atoms with Gasteiger partial charge in [-0.2, -0.15) is 13.2 Å². The van der Waals surface area contributed by atoms with Crippen molar-refractivity contribution in [2.24, 2.45) is 0 Å². The molecule has 0 spiro atoms. The summed E-state index contributed by atoms with van der Waals surface area (Å²) in [5.41, 5.74) is -1.33. The number of hydrogen-bond donors (Lipinski definition) is 2.